The van der Waals surface area contributed by atoms with Gasteiger partial charge in [0.05, 0.1) is 13.0 Å². The van der Waals surface area contributed by atoms with Crippen LogP contribution in [0.4, 0.5) is 5.69 Å². The number of anilines is 1. The molecule has 2 amide bonds. The van der Waals surface area contributed by atoms with E-state index >= 15 is 0 Å². The zero-order valence-electron chi connectivity index (χ0n) is 14.6. The molecule has 3 N–H and O–H groups in total. The number of rotatable bonds is 5. The number of aromatic nitrogens is 2. The van der Waals surface area contributed by atoms with Gasteiger partial charge in [-0.3, -0.25) is 14.4 Å². The molecule has 8 heteroatoms. The average Bonchev–Trinajstić information content (AvgIpc) is 2.59. The number of nitrogens with zero attached hydrogens (tertiary/aromatic N) is 1. The summed E-state index contributed by atoms with van der Waals surface area (Å²) < 4.78 is 5.21. The van der Waals surface area contributed by atoms with Crippen molar-refractivity contribution < 1.29 is 14.3 Å². The molecule has 1 aromatic carbocycles. The molecule has 0 bridgehead atoms. The Bertz CT molecular complexity index is 906. The number of carbonyl (C=O) groups is 2. The zero-order chi connectivity index (χ0) is 18.7. The number of hydrogen-bond donors (Lipinski definition) is 3. The third kappa shape index (κ3) is 3.90. The minimum atomic E-state index is -0.585. The van der Waals surface area contributed by atoms with E-state index in [1.165, 1.54) is 6.07 Å². The first-order chi connectivity index (χ1) is 12.5. The first kappa shape index (κ1) is 17.7. The van der Waals surface area contributed by atoms with Crippen LogP contribution < -0.4 is 20.9 Å². The number of methoxy groups -OCH3 is 1. The molecule has 1 aromatic heterocycles. The molecule has 2 heterocycles. The third-order valence-electron chi connectivity index (χ3n) is 4.19. The molecule has 3 rings (SSSR count). The van der Waals surface area contributed by atoms with Gasteiger partial charge in [-0.1, -0.05) is 0 Å². The summed E-state index contributed by atoms with van der Waals surface area (Å²) in [5, 5.41) is 5.58. The smallest absolute Gasteiger partial charge is 0.251 e. The van der Waals surface area contributed by atoms with Crippen molar-refractivity contribution in [1.82, 2.24) is 15.3 Å². The first-order valence-corrected chi connectivity index (χ1v) is 8.28. The number of carbonyl (C=O) groups excluding carboxylic acids is 2. The van der Waals surface area contributed by atoms with E-state index in [1.54, 1.807) is 32.2 Å². The standard InChI is InChI=1S/C18H20N4O4/c1-10-7-16(23)22-15(20-10)5-6-19-18(25)13-9-17(24)21-14-4-3-11(26-2)8-12(13)14/h3-4,7-8,13H,5-6,9H2,1-2H3,(H,19,25)(H,21,24)(H,20,22,23)/t13-/m0/s1. The van der Waals surface area contributed by atoms with Crippen LogP contribution in [0, 0.1) is 6.92 Å². The number of aryl methyl sites for hydroxylation is 1. The summed E-state index contributed by atoms with van der Waals surface area (Å²) in [6.07, 6.45) is 0.470. The number of hydrogen-bond acceptors (Lipinski definition) is 5. The maximum absolute atomic E-state index is 12.6. The van der Waals surface area contributed by atoms with Gasteiger partial charge < -0.3 is 20.4 Å². The molecular formula is C18H20N4O4. The second-order valence-electron chi connectivity index (χ2n) is 6.13. The van der Waals surface area contributed by atoms with Gasteiger partial charge in [0.1, 0.15) is 11.6 Å². The Morgan fingerprint density at radius 3 is 2.88 bits per heavy atom. The fourth-order valence-corrected chi connectivity index (χ4v) is 2.99. The lowest BCUT2D eigenvalue weighted by Gasteiger charge is -2.25. The normalized spacial score (nSPS) is 15.8. The lowest BCUT2D eigenvalue weighted by Crippen LogP contribution is -2.36. The summed E-state index contributed by atoms with van der Waals surface area (Å²) in [6.45, 7) is 2.05. The highest BCUT2D eigenvalue weighted by atomic mass is 16.5. The molecule has 1 aliphatic heterocycles. The lowest BCUT2D eigenvalue weighted by molar-refractivity contribution is -0.126. The predicted octanol–water partition coefficient (Wildman–Crippen LogP) is 0.872. The van der Waals surface area contributed by atoms with Crippen LogP contribution in [0.15, 0.2) is 29.1 Å². The minimum absolute atomic E-state index is 0.0749. The van der Waals surface area contributed by atoms with Crippen LogP contribution in [0.5, 0.6) is 5.75 Å². The predicted molar refractivity (Wildman–Crippen MR) is 95.3 cm³/mol. The molecule has 26 heavy (non-hydrogen) atoms. The van der Waals surface area contributed by atoms with Crippen molar-refractivity contribution in [2.75, 3.05) is 19.0 Å². The molecule has 0 spiro atoms. The van der Waals surface area contributed by atoms with Crippen LogP contribution in [0.2, 0.25) is 0 Å². The van der Waals surface area contributed by atoms with Gasteiger partial charge in [-0.05, 0) is 30.7 Å². The summed E-state index contributed by atoms with van der Waals surface area (Å²) in [5.74, 6) is 0.105. The second-order valence-corrected chi connectivity index (χ2v) is 6.13. The van der Waals surface area contributed by atoms with E-state index in [0.717, 1.165) is 5.56 Å². The summed E-state index contributed by atoms with van der Waals surface area (Å²) in [5.41, 5.74) is 1.75. The number of benzene rings is 1. The molecule has 2 aromatic rings. The second kappa shape index (κ2) is 7.38. The van der Waals surface area contributed by atoms with Crippen LogP contribution >= 0.6 is 0 Å². The number of ether oxygens (including phenoxy) is 1. The highest BCUT2D eigenvalue weighted by Crippen LogP contribution is 2.34. The Hall–Kier alpha value is -3.16. The van der Waals surface area contributed by atoms with E-state index in [0.29, 0.717) is 35.9 Å². The number of H-pyrrole nitrogens is 1. The Kier molecular flexibility index (Phi) is 5.01. The molecule has 136 valence electrons. The molecule has 1 aliphatic rings. The molecular weight excluding hydrogens is 336 g/mol. The van der Waals surface area contributed by atoms with Crippen molar-refractivity contribution in [2.45, 2.75) is 25.7 Å². The van der Waals surface area contributed by atoms with E-state index in [-0.39, 0.29) is 23.8 Å². The maximum atomic E-state index is 12.6. The van der Waals surface area contributed by atoms with Crippen molar-refractivity contribution >= 4 is 17.5 Å². The van der Waals surface area contributed by atoms with Crippen LogP contribution in [-0.4, -0.2) is 35.4 Å². The number of nitrogens with one attached hydrogen (secondary N) is 3. The number of fused-ring (bicyclic) bond motifs is 1. The quantitative estimate of drug-likeness (QED) is 0.736. The molecule has 0 saturated heterocycles. The summed E-state index contributed by atoms with van der Waals surface area (Å²) in [6, 6.07) is 6.64. The molecule has 0 saturated carbocycles. The van der Waals surface area contributed by atoms with Crippen molar-refractivity contribution in [1.29, 1.82) is 0 Å². The minimum Gasteiger partial charge on any atom is -0.497 e. The van der Waals surface area contributed by atoms with E-state index in [4.69, 9.17) is 4.74 Å². The molecule has 0 unspecified atom stereocenters. The molecule has 0 fully saturated rings. The summed E-state index contributed by atoms with van der Waals surface area (Å²) in [7, 11) is 1.55. The molecule has 8 nitrogen and oxygen atoms in total. The molecule has 0 radical (unpaired) electrons. The monoisotopic (exact) mass is 356 g/mol. The molecule has 0 aliphatic carbocycles. The van der Waals surface area contributed by atoms with Gasteiger partial charge in [0, 0.05) is 36.8 Å². The van der Waals surface area contributed by atoms with Gasteiger partial charge in [0.15, 0.2) is 0 Å². The summed E-state index contributed by atoms with van der Waals surface area (Å²) in [4.78, 5) is 42.8. The average molecular weight is 356 g/mol. The fourth-order valence-electron chi connectivity index (χ4n) is 2.99. The number of amides is 2. The van der Waals surface area contributed by atoms with E-state index in [1.807, 2.05) is 0 Å². The highest BCUT2D eigenvalue weighted by Gasteiger charge is 2.30. The van der Waals surface area contributed by atoms with Crippen LogP contribution in [-0.2, 0) is 16.0 Å². The van der Waals surface area contributed by atoms with E-state index in [2.05, 4.69) is 20.6 Å². The maximum Gasteiger partial charge on any atom is 0.251 e. The van der Waals surface area contributed by atoms with E-state index < -0.39 is 5.92 Å². The van der Waals surface area contributed by atoms with Crippen molar-refractivity contribution in [3.63, 3.8) is 0 Å². The molecule has 1 atom stereocenters. The van der Waals surface area contributed by atoms with Crippen LogP contribution in [0.25, 0.3) is 0 Å². The van der Waals surface area contributed by atoms with Crippen LogP contribution in [0.3, 0.4) is 0 Å². The van der Waals surface area contributed by atoms with Crippen molar-refractivity contribution in [3.8, 4) is 5.75 Å². The van der Waals surface area contributed by atoms with Gasteiger partial charge in [0.25, 0.3) is 5.56 Å². The van der Waals surface area contributed by atoms with Gasteiger partial charge in [-0.15, -0.1) is 0 Å². The Balaban J connectivity index is 1.70. The largest absolute Gasteiger partial charge is 0.497 e. The fraction of sp³-hybridized carbons (Fsp3) is 0.333. The van der Waals surface area contributed by atoms with Gasteiger partial charge in [-0.25, -0.2) is 4.98 Å². The zero-order valence-corrected chi connectivity index (χ0v) is 14.6. The Morgan fingerprint density at radius 1 is 1.35 bits per heavy atom. The van der Waals surface area contributed by atoms with Gasteiger partial charge >= 0.3 is 0 Å². The van der Waals surface area contributed by atoms with Crippen molar-refractivity contribution in [3.05, 3.63) is 51.7 Å². The lowest BCUT2D eigenvalue weighted by atomic mass is 9.89. The SMILES string of the molecule is COc1ccc2c(c1)[C@@H](C(=O)NCCc1nc(C)cc(=O)[nH]1)CC(=O)N2. The first-order valence-electron chi connectivity index (χ1n) is 8.28. The Morgan fingerprint density at radius 2 is 2.15 bits per heavy atom. The summed E-state index contributed by atoms with van der Waals surface area (Å²) >= 11 is 0. The van der Waals surface area contributed by atoms with Crippen molar-refractivity contribution in [2.24, 2.45) is 0 Å². The highest BCUT2D eigenvalue weighted by molar-refractivity contribution is 6.01. The third-order valence-corrected chi connectivity index (χ3v) is 4.19. The van der Waals surface area contributed by atoms with E-state index in [9.17, 15) is 14.4 Å². The van der Waals surface area contributed by atoms with Crippen LogP contribution in [0.1, 0.15) is 29.4 Å². The van der Waals surface area contributed by atoms with Gasteiger partial charge in [-0.2, -0.15) is 0 Å². The topological polar surface area (TPSA) is 113 Å². The Labute approximate surface area is 150 Å². The van der Waals surface area contributed by atoms with Gasteiger partial charge in [0.2, 0.25) is 11.8 Å². The number of aromatic amines is 1.